The predicted molar refractivity (Wildman–Crippen MR) is 97.1 cm³/mol. The lowest BCUT2D eigenvalue weighted by atomic mass is 10.00. The van der Waals surface area contributed by atoms with Crippen molar-refractivity contribution in [2.45, 2.75) is 26.2 Å². The molecule has 1 aromatic carbocycles. The highest BCUT2D eigenvalue weighted by Gasteiger charge is 2.22. The monoisotopic (exact) mass is 341 g/mol. The van der Waals surface area contributed by atoms with Crippen molar-refractivity contribution in [3.05, 3.63) is 59.7 Å². The quantitative estimate of drug-likeness (QED) is 0.901. The highest BCUT2D eigenvalue weighted by atomic mass is 19.1. The molecule has 5 heteroatoms. The largest absolute Gasteiger partial charge is 0.383 e. The number of carbonyl (C=O) groups is 1. The topological polar surface area (TPSA) is 45.2 Å². The Labute approximate surface area is 148 Å². The number of hydrogen-bond donors (Lipinski definition) is 1. The maximum Gasteiger partial charge on any atom is 0.255 e. The molecular weight excluding hydrogens is 317 g/mol. The van der Waals surface area contributed by atoms with Crippen LogP contribution in [0.15, 0.2) is 42.7 Å². The highest BCUT2D eigenvalue weighted by molar-refractivity contribution is 5.94. The second-order valence-corrected chi connectivity index (χ2v) is 6.73. The number of nitrogens with one attached hydrogen (secondary N) is 1. The number of rotatable bonds is 5. The van der Waals surface area contributed by atoms with Crippen LogP contribution in [0.2, 0.25) is 0 Å². The van der Waals surface area contributed by atoms with Crippen LogP contribution in [-0.4, -0.2) is 35.4 Å². The summed E-state index contributed by atoms with van der Waals surface area (Å²) in [5, 5.41) is 3.23. The first kappa shape index (κ1) is 17.4. The van der Waals surface area contributed by atoms with Crippen LogP contribution in [0, 0.1) is 11.7 Å². The van der Waals surface area contributed by atoms with E-state index >= 15 is 0 Å². The van der Waals surface area contributed by atoms with Gasteiger partial charge in [-0.1, -0.05) is 25.1 Å². The summed E-state index contributed by atoms with van der Waals surface area (Å²) in [6.07, 6.45) is 6.12. The van der Waals surface area contributed by atoms with E-state index in [0.29, 0.717) is 30.0 Å². The van der Waals surface area contributed by atoms with Crippen LogP contribution in [-0.2, 0) is 6.42 Å². The minimum atomic E-state index is -0.189. The Kier molecular flexibility index (Phi) is 5.64. The van der Waals surface area contributed by atoms with Crippen molar-refractivity contribution in [2.24, 2.45) is 5.92 Å². The molecule has 4 nitrogen and oxygen atoms in total. The third kappa shape index (κ3) is 4.56. The molecule has 1 aliphatic heterocycles. The van der Waals surface area contributed by atoms with Crippen LogP contribution < -0.4 is 5.32 Å². The van der Waals surface area contributed by atoms with Gasteiger partial charge in [-0.3, -0.25) is 9.78 Å². The van der Waals surface area contributed by atoms with Crippen molar-refractivity contribution in [1.82, 2.24) is 9.88 Å². The summed E-state index contributed by atoms with van der Waals surface area (Å²) in [6, 6.07) is 8.60. The third-order valence-corrected chi connectivity index (χ3v) is 4.61. The van der Waals surface area contributed by atoms with Crippen LogP contribution in [0.3, 0.4) is 0 Å². The minimum Gasteiger partial charge on any atom is -0.383 e. The van der Waals surface area contributed by atoms with Crippen LogP contribution in [0.4, 0.5) is 10.1 Å². The molecule has 1 atom stereocenters. The summed E-state index contributed by atoms with van der Waals surface area (Å²) in [5.41, 5.74) is 2.06. The Morgan fingerprint density at radius 2 is 2.20 bits per heavy atom. The van der Waals surface area contributed by atoms with Crippen LogP contribution >= 0.6 is 0 Å². The zero-order valence-electron chi connectivity index (χ0n) is 14.5. The second kappa shape index (κ2) is 8.10. The number of anilines is 1. The van der Waals surface area contributed by atoms with E-state index in [4.69, 9.17) is 0 Å². The van der Waals surface area contributed by atoms with Crippen LogP contribution in [0.1, 0.15) is 35.7 Å². The number of carbonyl (C=O) groups excluding carboxylic acids is 1. The molecule has 132 valence electrons. The van der Waals surface area contributed by atoms with Crippen LogP contribution in [0.25, 0.3) is 0 Å². The lowest BCUT2D eigenvalue weighted by Gasteiger charge is -2.31. The zero-order chi connectivity index (χ0) is 17.6. The van der Waals surface area contributed by atoms with E-state index in [9.17, 15) is 9.18 Å². The summed E-state index contributed by atoms with van der Waals surface area (Å²) in [5.74, 6) is 0.398. The van der Waals surface area contributed by atoms with E-state index in [2.05, 4.69) is 17.2 Å². The molecule has 1 saturated heterocycles. The number of aromatic nitrogens is 1. The lowest BCUT2D eigenvalue weighted by Crippen LogP contribution is -2.39. The van der Waals surface area contributed by atoms with Crippen molar-refractivity contribution >= 4 is 11.6 Å². The van der Waals surface area contributed by atoms with Gasteiger partial charge in [-0.2, -0.15) is 0 Å². The molecule has 1 N–H and O–H groups in total. The summed E-state index contributed by atoms with van der Waals surface area (Å²) >= 11 is 0. The van der Waals surface area contributed by atoms with Gasteiger partial charge in [-0.05, 0) is 42.9 Å². The zero-order valence-corrected chi connectivity index (χ0v) is 14.5. The molecule has 0 radical (unpaired) electrons. The fourth-order valence-corrected chi connectivity index (χ4v) is 3.25. The second-order valence-electron chi connectivity index (χ2n) is 6.73. The molecule has 3 rings (SSSR count). The van der Waals surface area contributed by atoms with Gasteiger partial charge in [0.1, 0.15) is 5.82 Å². The first-order valence-electron chi connectivity index (χ1n) is 8.85. The van der Waals surface area contributed by atoms with Gasteiger partial charge in [0, 0.05) is 32.0 Å². The number of pyridine rings is 1. The van der Waals surface area contributed by atoms with Gasteiger partial charge < -0.3 is 10.2 Å². The molecule has 1 unspecified atom stereocenters. The molecular formula is C20H24FN3O. The average molecular weight is 341 g/mol. The molecule has 2 aromatic rings. The van der Waals surface area contributed by atoms with E-state index in [1.54, 1.807) is 24.5 Å². The number of piperidine rings is 1. The normalized spacial score (nSPS) is 17.4. The molecule has 1 aliphatic rings. The molecule has 0 bridgehead atoms. The van der Waals surface area contributed by atoms with Crippen molar-refractivity contribution in [2.75, 3.05) is 25.0 Å². The number of halogens is 1. The Morgan fingerprint density at radius 1 is 1.36 bits per heavy atom. The highest BCUT2D eigenvalue weighted by Crippen LogP contribution is 2.19. The predicted octanol–water partition coefficient (Wildman–Crippen LogP) is 3.75. The Hall–Kier alpha value is -2.43. The standard InChI is InChI=1S/C20H24FN3O/c1-15-5-4-10-24(14-15)20(25)17-11-18(13-22-12-17)23-9-8-16-6-2-3-7-19(16)21/h2-3,6-7,11-13,15,23H,4-5,8-10,14H2,1H3. The number of nitrogens with zero attached hydrogens (tertiary/aromatic N) is 2. The van der Waals surface area contributed by atoms with Crippen molar-refractivity contribution in [1.29, 1.82) is 0 Å². The molecule has 1 amide bonds. The van der Waals surface area contributed by atoms with Crippen molar-refractivity contribution < 1.29 is 9.18 Å². The van der Waals surface area contributed by atoms with E-state index < -0.39 is 0 Å². The van der Waals surface area contributed by atoms with Gasteiger partial charge in [-0.15, -0.1) is 0 Å². The van der Waals surface area contributed by atoms with Gasteiger partial charge in [-0.25, -0.2) is 4.39 Å². The van der Waals surface area contributed by atoms with Crippen molar-refractivity contribution in [3.8, 4) is 0 Å². The molecule has 0 spiro atoms. The Bertz CT molecular complexity index is 734. The molecule has 0 saturated carbocycles. The number of hydrogen-bond acceptors (Lipinski definition) is 3. The summed E-state index contributed by atoms with van der Waals surface area (Å²) in [6.45, 7) is 4.39. The van der Waals surface area contributed by atoms with Gasteiger partial charge in [0.25, 0.3) is 5.91 Å². The van der Waals surface area contributed by atoms with E-state index in [0.717, 1.165) is 25.2 Å². The number of likely N-dealkylation sites (tertiary alicyclic amines) is 1. The summed E-state index contributed by atoms with van der Waals surface area (Å²) in [4.78, 5) is 18.7. The average Bonchev–Trinajstić information content (AvgIpc) is 2.63. The van der Waals surface area contributed by atoms with Crippen LogP contribution in [0.5, 0.6) is 0 Å². The Balaban J connectivity index is 1.59. The van der Waals surface area contributed by atoms with E-state index in [1.165, 1.54) is 12.5 Å². The maximum absolute atomic E-state index is 13.6. The number of amides is 1. The smallest absolute Gasteiger partial charge is 0.255 e. The fraction of sp³-hybridized carbons (Fsp3) is 0.400. The summed E-state index contributed by atoms with van der Waals surface area (Å²) < 4.78 is 13.6. The third-order valence-electron chi connectivity index (χ3n) is 4.61. The van der Waals surface area contributed by atoms with Gasteiger partial charge in [0.05, 0.1) is 11.3 Å². The molecule has 0 aliphatic carbocycles. The maximum atomic E-state index is 13.6. The lowest BCUT2D eigenvalue weighted by molar-refractivity contribution is 0.0682. The first-order valence-corrected chi connectivity index (χ1v) is 8.85. The molecule has 25 heavy (non-hydrogen) atoms. The number of benzene rings is 1. The van der Waals surface area contributed by atoms with Gasteiger partial charge >= 0.3 is 0 Å². The van der Waals surface area contributed by atoms with E-state index in [1.807, 2.05) is 17.0 Å². The van der Waals surface area contributed by atoms with Crippen molar-refractivity contribution in [3.63, 3.8) is 0 Å². The van der Waals surface area contributed by atoms with Gasteiger partial charge in [0.15, 0.2) is 0 Å². The molecule has 1 aromatic heterocycles. The summed E-state index contributed by atoms with van der Waals surface area (Å²) in [7, 11) is 0. The fourth-order valence-electron chi connectivity index (χ4n) is 3.25. The first-order chi connectivity index (χ1) is 12.1. The SMILES string of the molecule is CC1CCCN(C(=O)c2cncc(NCCc3ccccc3F)c2)C1. The molecule has 1 fully saturated rings. The molecule has 2 heterocycles. The van der Waals surface area contributed by atoms with E-state index in [-0.39, 0.29) is 11.7 Å². The Morgan fingerprint density at radius 3 is 3.00 bits per heavy atom. The van der Waals surface area contributed by atoms with Gasteiger partial charge in [0.2, 0.25) is 0 Å². The minimum absolute atomic E-state index is 0.0387.